The molecule has 0 saturated carbocycles. The lowest BCUT2D eigenvalue weighted by atomic mass is 9.59. The van der Waals surface area contributed by atoms with Gasteiger partial charge in [-0.1, -0.05) is 0 Å². The fraction of sp³-hybridized carbons (Fsp3) is 0.600. The first-order valence-corrected chi connectivity index (χ1v) is 10.7. The summed E-state index contributed by atoms with van der Waals surface area (Å²) in [7, 11) is 4.44. The summed E-state index contributed by atoms with van der Waals surface area (Å²) in [5, 5.41) is 25.6. The summed E-state index contributed by atoms with van der Waals surface area (Å²) >= 11 is 0. The maximum absolute atomic E-state index is 15.5. The highest BCUT2D eigenvalue weighted by atomic mass is 31.3. The minimum absolute atomic E-state index is 0.135. The fourth-order valence-corrected chi connectivity index (χ4v) is 4.29. The normalized spacial score (nSPS) is 31.5. The van der Waals surface area contributed by atoms with Crippen molar-refractivity contribution in [1.82, 2.24) is 9.55 Å². The van der Waals surface area contributed by atoms with E-state index in [0.717, 1.165) is 0 Å². The highest BCUT2D eigenvalue weighted by Gasteiger charge is 2.68. The van der Waals surface area contributed by atoms with Crippen molar-refractivity contribution < 1.29 is 57.1 Å². The molecule has 0 bridgehead atoms. The molecule has 1 aromatic rings. The molecule has 0 aliphatic carbocycles. The van der Waals surface area contributed by atoms with Gasteiger partial charge in [-0.05, 0) is 0 Å². The number of phosphoric acid groups is 2. The number of aromatic nitrogens is 2. The predicted molar refractivity (Wildman–Crippen MR) is 96.2 cm³/mol. The van der Waals surface area contributed by atoms with Crippen molar-refractivity contribution >= 4 is 39.2 Å². The van der Waals surface area contributed by atoms with Crippen LogP contribution in [0.5, 0.6) is 0 Å². The van der Waals surface area contributed by atoms with Gasteiger partial charge in [0.25, 0.3) is 11.4 Å². The molecule has 0 aromatic carbocycles. The third-order valence-electron chi connectivity index (χ3n) is 3.99. The molecule has 6 radical (unpaired) electrons. The van der Waals surface area contributed by atoms with Crippen LogP contribution in [0, 0.1) is 0 Å². The number of ether oxygens (including phenoxy) is 1. The smallest absolute Gasteiger partial charge is 0.391 e. The van der Waals surface area contributed by atoms with E-state index in [9.17, 15) is 33.8 Å². The molecule has 5 atom stereocenters. The molecule has 1 aliphatic heterocycles. The number of alkyl halides is 1. The molecule has 21 heteroatoms. The molecule has 0 amide bonds. The average Bonchev–Trinajstić information content (AvgIpc) is 2.74. The monoisotopic (exact) mass is 482 g/mol. The number of aliphatic hydroxyl groups excluding tert-OH is 3. The minimum Gasteiger partial charge on any atom is -0.391 e. The van der Waals surface area contributed by atoms with Crippen molar-refractivity contribution in [1.29, 1.82) is 0 Å². The Balaban J connectivity index is 2.53. The van der Waals surface area contributed by atoms with Crippen LogP contribution in [0.4, 0.5) is 4.39 Å². The predicted octanol–water partition coefficient (Wildman–Crippen LogP) is -4.56. The van der Waals surface area contributed by atoms with Gasteiger partial charge in [0.15, 0.2) is 0 Å². The number of rotatable bonds is 7. The Bertz CT molecular complexity index is 1080. The number of nitrogens with one attached hydrogen (secondary N) is 1. The molecule has 166 valence electrons. The third-order valence-corrected chi connectivity index (χ3v) is 6.20. The number of nitrogens with zero attached hydrogens (tertiary/aromatic N) is 1. The number of hydrogen-bond acceptors (Lipinski definition) is 10. The lowest BCUT2D eigenvalue weighted by Crippen LogP contribution is -2.60. The summed E-state index contributed by atoms with van der Waals surface area (Å²) in [6.45, 7) is -0.959. The van der Waals surface area contributed by atoms with Gasteiger partial charge in [-0.2, -0.15) is 4.31 Å². The van der Waals surface area contributed by atoms with Crippen molar-refractivity contribution in [3.05, 3.63) is 32.6 Å². The van der Waals surface area contributed by atoms with Gasteiger partial charge >= 0.3 is 21.3 Å². The Labute approximate surface area is 174 Å². The molecule has 31 heavy (non-hydrogen) atoms. The largest absolute Gasteiger partial charge is 0.480 e. The van der Waals surface area contributed by atoms with E-state index in [1.165, 1.54) is 0 Å². The zero-order valence-corrected chi connectivity index (χ0v) is 16.7. The average molecular weight is 482 g/mol. The summed E-state index contributed by atoms with van der Waals surface area (Å²) in [5.41, 5.74) is -6.16. The van der Waals surface area contributed by atoms with Crippen LogP contribution in [0.15, 0.2) is 15.8 Å². The third kappa shape index (κ3) is 4.82. The Morgan fingerprint density at radius 1 is 1.26 bits per heavy atom. The second kappa shape index (κ2) is 8.04. The lowest BCUT2D eigenvalue weighted by molar-refractivity contribution is -0.239. The molecule has 1 saturated heterocycles. The van der Waals surface area contributed by atoms with Crippen molar-refractivity contribution in [3.63, 3.8) is 0 Å². The van der Waals surface area contributed by atoms with Crippen LogP contribution < -0.4 is 11.2 Å². The molecular weight excluding hydrogens is 469 g/mol. The Kier molecular flexibility index (Phi) is 6.79. The van der Waals surface area contributed by atoms with Crippen LogP contribution in [-0.2, 0) is 34.9 Å². The van der Waals surface area contributed by atoms with E-state index < -0.39 is 68.2 Å². The summed E-state index contributed by atoms with van der Waals surface area (Å²) < 4.78 is 50.0. The van der Waals surface area contributed by atoms with E-state index in [-0.39, 0.29) is 4.57 Å². The number of aromatic amines is 1. The molecule has 1 aromatic heterocycles. The van der Waals surface area contributed by atoms with E-state index in [4.69, 9.17) is 38.4 Å². The van der Waals surface area contributed by atoms with Crippen molar-refractivity contribution in [2.24, 2.45) is 0 Å². The SMILES string of the molecule is [B]C([B])(OP(=O)(O)OP(=O)(O)O)[C@@]1(F)O[C@@]([B])(n2cc(CO)c(=O)[nH]c2=O)[C@H](O)[C@@H]1O. The van der Waals surface area contributed by atoms with E-state index in [0.29, 0.717) is 6.20 Å². The lowest BCUT2D eigenvalue weighted by Gasteiger charge is -2.41. The summed E-state index contributed by atoms with van der Waals surface area (Å²) in [5.74, 6) is -4.15. The van der Waals surface area contributed by atoms with Gasteiger partial charge in [-0.25, -0.2) is 18.3 Å². The molecule has 1 fully saturated rings. The Morgan fingerprint density at radius 2 is 1.81 bits per heavy atom. The number of aliphatic hydroxyl groups is 3. The van der Waals surface area contributed by atoms with Gasteiger partial charge < -0.3 is 34.7 Å². The van der Waals surface area contributed by atoms with E-state index in [1.54, 1.807) is 4.98 Å². The van der Waals surface area contributed by atoms with Gasteiger partial charge in [0.1, 0.15) is 41.4 Å². The first kappa shape index (κ1) is 26.2. The van der Waals surface area contributed by atoms with Crippen LogP contribution in [0.1, 0.15) is 5.56 Å². The van der Waals surface area contributed by atoms with Crippen molar-refractivity contribution in [2.75, 3.05) is 0 Å². The van der Waals surface area contributed by atoms with Crippen LogP contribution in [0.25, 0.3) is 0 Å². The van der Waals surface area contributed by atoms with Crippen LogP contribution >= 0.6 is 15.6 Å². The highest BCUT2D eigenvalue weighted by Crippen LogP contribution is 2.61. The van der Waals surface area contributed by atoms with Crippen LogP contribution in [0.3, 0.4) is 0 Å². The van der Waals surface area contributed by atoms with Crippen molar-refractivity contribution in [2.45, 2.75) is 35.7 Å². The summed E-state index contributed by atoms with van der Waals surface area (Å²) in [4.78, 5) is 51.8. The summed E-state index contributed by atoms with van der Waals surface area (Å²) in [6.07, 6.45) is -5.03. The first-order chi connectivity index (χ1) is 13.8. The number of phosphoric ester groups is 1. The topological polar surface area (TPSA) is 238 Å². The molecule has 15 nitrogen and oxygen atoms in total. The molecule has 2 rings (SSSR count). The molecular formula is C10H12B3FN2O13P2. The maximum atomic E-state index is 15.5. The summed E-state index contributed by atoms with van der Waals surface area (Å²) in [6, 6.07) is 0. The number of H-pyrrole nitrogens is 1. The van der Waals surface area contributed by atoms with Gasteiger partial charge in [0.05, 0.1) is 17.6 Å². The van der Waals surface area contributed by atoms with Gasteiger partial charge in [0.2, 0.25) is 0 Å². The highest BCUT2D eigenvalue weighted by molar-refractivity contribution is 7.60. The van der Waals surface area contributed by atoms with Crippen LogP contribution in [0.2, 0.25) is 0 Å². The standard InChI is InChI=1S/C10H12B3FN2O13P2/c11-9(16-1-3(2-17)6(20)15-7(16)21)5(19)4(18)8(14,27-9)10(12,13)28-31(25,26)29-30(22,23)24/h1,4-5,17-19H,2H2,(H,25,26)(H,15,20,21)(H2,22,23,24)/t4-,5+,8-,9-/m0/s1. The van der Waals surface area contributed by atoms with Crippen molar-refractivity contribution in [3.8, 4) is 0 Å². The zero-order chi connectivity index (χ0) is 24.2. The molecule has 0 spiro atoms. The second-order valence-electron chi connectivity index (χ2n) is 6.26. The molecule has 1 aliphatic rings. The van der Waals surface area contributed by atoms with Gasteiger partial charge in [0, 0.05) is 6.20 Å². The Morgan fingerprint density at radius 3 is 2.29 bits per heavy atom. The van der Waals surface area contributed by atoms with Gasteiger partial charge in [-0.3, -0.25) is 18.9 Å². The van der Waals surface area contributed by atoms with E-state index in [1.807, 2.05) is 0 Å². The maximum Gasteiger partial charge on any atom is 0.480 e. The zero-order valence-electron chi connectivity index (χ0n) is 14.9. The molecule has 7 N–H and O–H groups in total. The van der Waals surface area contributed by atoms with Gasteiger partial charge in [-0.15, -0.1) is 0 Å². The molecule has 2 heterocycles. The van der Waals surface area contributed by atoms with E-state index >= 15 is 4.39 Å². The van der Waals surface area contributed by atoms with E-state index in [2.05, 4.69) is 13.6 Å². The minimum atomic E-state index is -5.94. The second-order valence-corrected chi connectivity index (χ2v) is 9.01. The number of halogens is 1. The Hall–Kier alpha value is -1.10. The first-order valence-electron chi connectivity index (χ1n) is 7.68. The quantitative estimate of drug-likeness (QED) is 0.143. The molecule has 1 unspecified atom stereocenters. The number of hydrogen-bond donors (Lipinski definition) is 7. The fourth-order valence-electron chi connectivity index (χ4n) is 2.58. The van der Waals surface area contributed by atoms with Crippen LogP contribution in [-0.4, -0.2) is 86.6 Å².